The number of benzene rings is 1. The second-order valence-electron chi connectivity index (χ2n) is 5.90. The zero-order chi connectivity index (χ0) is 15.0. The van der Waals surface area contributed by atoms with Crippen LogP contribution in [0, 0.1) is 0 Å². The number of hydrogen-bond donors (Lipinski definition) is 1. The third-order valence-electron chi connectivity index (χ3n) is 4.40. The van der Waals surface area contributed by atoms with Crippen LogP contribution < -0.4 is 15.2 Å². The Labute approximate surface area is 126 Å². The Morgan fingerprint density at radius 2 is 2.24 bits per heavy atom. The van der Waals surface area contributed by atoms with Gasteiger partial charge in [-0.1, -0.05) is 0 Å². The minimum absolute atomic E-state index is 0.0190. The summed E-state index contributed by atoms with van der Waals surface area (Å²) in [6, 6.07) is 4.31. The maximum Gasteiger partial charge on any atom is 0.124 e. The van der Waals surface area contributed by atoms with Gasteiger partial charge < -0.3 is 19.9 Å². The molecular weight excluding hydrogens is 268 g/mol. The first-order chi connectivity index (χ1) is 10.1. The van der Waals surface area contributed by atoms with Crippen LogP contribution in [-0.2, 0) is 11.2 Å². The Hall–Kier alpha value is -1.30. The first kappa shape index (κ1) is 14.6. The van der Waals surface area contributed by atoms with Gasteiger partial charge in [0.1, 0.15) is 17.6 Å². The molecule has 5 nitrogen and oxygen atoms in total. The van der Waals surface area contributed by atoms with Crippen molar-refractivity contribution >= 4 is 0 Å². The van der Waals surface area contributed by atoms with Crippen molar-refractivity contribution in [3.8, 4) is 11.5 Å². The molecule has 21 heavy (non-hydrogen) atoms. The topological polar surface area (TPSA) is 57.0 Å². The number of ether oxygens (including phenoxy) is 3. The van der Waals surface area contributed by atoms with Crippen LogP contribution in [0.2, 0.25) is 0 Å². The van der Waals surface area contributed by atoms with Crippen molar-refractivity contribution in [3.63, 3.8) is 0 Å². The summed E-state index contributed by atoms with van der Waals surface area (Å²) in [7, 11) is 3.82. The van der Waals surface area contributed by atoms with Gasteiger partial charge in [0.2, 0.25) is 0 Å². The van der Waals surface area contributed by atoms with Gasteiger partial charge in [-0.05, 0) is 26.1 Å². The first-order valence-electron chi connectivity index (χ1n) is 7.53. The normalized spacial score (nSPS) is 29.0. The van der Waals surface area contributed by atoms with E-state index in [0.717, 1.165) is 36.6 Å². The Morgan fingerprint density at radius 3 is 2.95 bits per heavy atom. The average molecular weight is 292 g/mol. The zero-order valence-corrected chi connectivity index (χ0v) is 13.0. The van der Waals surface area contributed by atoms with Crippen LogP contribution in [0.4, 0.5) is 0 Å². The second kappa shape index (κ2) is 5.83. The number of likely N-dealkylation sites (N-methyl/N-ethyl adjacent to an activating group) is 1. The number of rotatable bonds is 3. The summed E-state index contributed by atoms with van der Waals surface area (Å²) < 4.78 is 17.4. The molecule has 3 atom stereocenters. The number of fused-ring (bicyclic) bond motifs is 1. The molecule has 0 aromatic heterocycles. The minimum Gasteiger partial charge on any atom is -0.496 e. The molecule has 5 heteroatoms. The Kier molecular flexibility index (Phi) is 4.06. The van der Waals surface area contributed by atoms with Gasteiger partial charge in [0.05, 0.1) is 25.9 Å². The third-order valence-corrected chi connectivity index (χ3v) is 4.40. The van der Waals surface area contributed by atoms with E-state index < -0.39 is 0 Å². The first-order valence-corrected chi connectivity index (χ1v) is 7.53. The van der Waals surface area contributed by atoms with Gasteiger partial charge in [-0.25, -0.2) is 0 Å². The molecule has 0 saturated carbocycles. The molecule has 0 aliphatic carbocycles. The molecule has 3 unspecified atom stereocenters. The maximum absolute atomic E-state index is 5.90. The quantitative estimate of drug-likeness (QED) is 0.911. The van der Waals surface area contributed by atoms with Gasteiger partial charge >= 0.3 is 0 Å². The molecule has 2 aliphatic heterocycles. The van der Waals surface area contributed by atoms with Gasteiger partial charge in [-0.2, -0.15) is 0 Å². The summed E-state index contributed by atoms with van der Waals surface area (Å²) in [5, 5.41) is 0. The molecule has 0 amide bonds. The van der Waals surface area contributed by atoms with Gasteiger partial charge in [0.25, 0.3) is 0 Å². The average Bonchev–Trinajstić information content (AvgIpc) is 2.84. The molecule has 0 spiro atoms. The second-order valence-corrected chi connectivity index (χ2v) is 5.90. The number of nitrogens with zero attached hydrogens (tertiary/aromatic N) is 1. The SMILES string of the molecule is COc1cc2c(cc1C1C(CN)OCCN1C)OC(C)C2. The van der Waals surface area contributed by atoms with Crippen molar-refractivity contribution < 1.29 is 14.2 Å². The van der Waals surface area contributed by atoms with Crippen molar-refractivity contribution in [1.29, 1.82) is 0 Å². The van der Waals surface area contributed by atoms with Gasteiger partial charge in [-0.15, -0.1) is 0 Å². The highest BCUT2D eigenvalue weighted by molar-refractivity contribution is 5.50. The summed E-state index contributed by atoms with van der Waals surface area (Å²) in [5.41, 5.74) is 8.21. The molecule has 0 bridgehead atoms. The molecule has 1 fully saturated rings. The lowest BCUT2D eigenvalue weighted by Crippen LogP contribution is -2.46. The molecule has 1 aromatic carbocycles. The van der Waals surface area contributed by atoms with Gasteiger partial charge in [0.15, 0.2) is 0 Å². The van der Waals surface area contributed by atoms with Gasteiger partial charge in [-0.3, -0.25) is 4.90 Å². The van der Waals surface area contributed by atoms with Crippen molar-refractivity contribution in [1.82, 2.24) is 4.90 Å². The Bertz CT molecular complexity index is 520. The number of hydrogen-bond acceptors (Lipinski definition) is 5. The largest absolute Gasteiger partial charge is 0.496 e. The predicted molar refractivity (Wildman–Crippen MR) is 81.0 cm³/mol. The van der Waals surface area contributed by atoms with Crippen molar-refractivity contribution in [2.24, 2.45) is 5.73 Å². The van der Waals surface area contributed by atoms with E-state index in [0.29, 0.717) is 6.54 Å². The highest BCUT2D eigenvalue weighted by Crippen LogP contribution is 2.41. The summed E-state index contributed by atoms with van der Waals surface area (Å²) in [4.78, 5) is 2.28. The van der Waals surface area contributed by atoms with E-state index in [2.05, 4.69) is 31.0 Å². The summed E-state index contributed by atoms with van der Waals surface area (Å²) in [5.74, 6) is 1.86. The van der Waals surface area contributed by atoms with Crippen LogP contribution in [0.1, 0.15) is 24.1 Å². The number of morpholine rings is 1. The van der Waals surface area contributed by atoms with E-state index in [1.807, 2.05) is 0 Å². The number of methoxy groups -OCH3 is 1. The highest BCUT2D eigenvalue weighted by atomic mass is 16.5. The molecule has 0 radical (unpaired) electrons. The maximum atomic E-state index is 5.90. The third kappa shape index (κ3) is 2.61. The summed E-state index contributed by atoms with van der Waals surface area (Å²) >= 11 is 0. The van der Waals surface area contributed by atoms with E-state index in [4.69, 9.17) is 19.9 Å². The summed E-state index contributed by atoms with van der Waals surface area (Å²) in [6.07, 6.45) is 1.14. The van der Waals surface area contributed by atoms with Crippen LogP contribution in [0.5, 0.6) is 11.5 Å². The molecule has 3 rings (SSSR count). The fraction of sp³-hybridized carbons (Fsp3) is 0.625. The fourth-order valence-corrected chi connectivity index (χ4v) is 3.36. The Balaban J connectivity index is 2.02. The zero-order valence-electron chi connectivity index (χ0n) is 13.0. The van der Waals surface area contributed by atoms with Crippen LogP contribution in [0.3, 0.4) is 0 Å². The van der Waals surface area contributed by atoms with E-state index >= 15 is 0 Å². The van der Waals surface area contributed by atoms with Crippen molar-refractivity contribution in [2.45, 2.75) is 31.6 Å². The molecule has 2 aliphatic rings. The van der Waals surface area contributed by atoms with Crippen LogP contribution in [0.15, 0.2) is 12.1 Å². The standard InChI is InChI=1S/C16H24N2O3/c1-10-6-11-7-14(19-3)12(8-13(11)21-10)16-15(9-17)20-5-4-18(16)2/h7-8,10,15-16H,4-6,9,17H2,1-3H3. The lowest BCUT2D eigenvalue weighted by molar-refractivity contribution is -0.0582. The van der Waals surface area contributed by atoms with Crippen molar-refractivity contribution in [2.75, 3.05) is 33.9 Å². The van der Waals surface area contributed by atoms with E-state index in [1.165, 1.54) is 5.56 Å². The molecule has 1 aromatic rings. The number of nitrogens with two attached hydrogens (primary N) is 1. The molecule has 2 heterocycles. The molecule has 2 N–H and O–H groups in total. The van der Waals surface area contributed by atoms with Crippen molar-refractivity contribution in [3.05, 3.63) is 23.3 Å². The van der Waals surface area contributed by atoms with E-state index in [-0.39, 0.29) is 18.2 Å². The molecule has 1 saturated heterocycles. The predicted octanol–water partition coefficient (Wildman–Crippen LogP) is 1.35. The summed E-state index contributed by atoms with van der Waals surface area (Å²) in [6.45, 7) is 4.19. The molecular formula is C16H24N2O3. The smallest absolute Gasteiger partial charge is 0.124 e. The van der Waals surface area contributed by atoms with Crippen LogP contribution >= 0.6 is 0 Å². The molecule has 116 valence electrons. The van der Waals surface area contributed by atoms with Gasteiger partial charge in [0, 0.05) is 30.6 Å². The minimum atomic E-state index is -0.0190. The van der Waals surface area contributed by atoms with Crippen LogP contribution in [0.25, 0.3) is 0 Å². The van der Waals surface area contributed by atoms with E-state index in [9.17, 15) is 0 Å². The van der Waals surface area contributed by atoms with E-state index in [1.54, 1.807) is 7.11 Å². The lowest BCUT2D eigenvalue weighted by Gasteiger charge is -2.39. The van der Waals surface area contributed by atoms with Crippen LogP contribution in [-0.4, -0.2) is 51.0 Å². The Morgan fingerprint density at radius 1 is 1.43 bits per heavy atom. The lowest BCUT2D eigenvalue weighted by atomic mass is 9.95. The fourth-order valence-electron chi connectivity index (χ4n) is 3.36. The highest BCUT2D eigenvalue weighted by Gasteiger charge is 2.34. The monoisotopic (exact) mass is 292 g/mol.